The third kappa shape index (κ3) is 2.68. The Morgan fingerprint density at radius 3 is 2.78 bits per heavy atom. The van der Waals surface area contributed by atoms with Gasteiger partial charge in [0, 0.05) is 18.5 Å². The van der Waals surface area contributed by atoms with Crippen molar-refractivity contribution in [2.45, 2.75) is 6.92 Å². The Morgan fingerprint density at radius 1 is 1.39 bits per heavy atom. The summed E-state index contributed by atoms with van der Waals surface area (Å²) in [5.74, 6) is 0.279. The van der Waals surface area contributed by atoms with E-state index in [2.05, 4.69) is 20.9 Å². The Balaban J connectivity index is 2.29. The Morgan fingerprint density at radius 2 is 2.17 bits per heavy atom. The molecule has 4 nitrogen and oxygen atoms in total. The third-order valence-corrected chi connectivity index (χ3v) is 2.99. The van der Waals surface area contributed by atoms with Crippen molar-refractivity contribution in [3.8, 4) is 11.5 Å². The second kappa shape index (κ2) is 5.18. The number of aromatic nitrogens is 1. The number of pyridine rings is 1. The highest BCUT2D eigenvalue weighted by molar-refractivity contribution is 9.10. The Labute approximate surface area is 112 Å². The standard InChI is InChI=1S/C13H10BrNO3/c1-8-6-9(2-3-10(8)13(16)17)18-12-4-5-15-7-11(12)14/h2-7H,1H3,(H,16,17). The molecule has 0 saturated carbocycles. The van der Waals surface area contributed by atoms with Crippen molar-refractivity contribution in [2.75, 3.05) is 0 Å². The van der Waals surface area contributed by atoms with Crippen LogP contribution in [0.3, 0.4) is 0 Å². The first-order valence-corrected chi connectivity index (χ1v) is 5.98. The van der Waals surface area contributed by atoms with Gasteiger partial charge in [-0.15, -0.1) is 0 Å². The second-order valence-electron chi connectivity index (χ2n) is 3.69. The first-order valence-electron chi connectivity index (χ1n) is 5.19. The molecule has 0 aliphatic carbocycles. The van der Waals surface area contributed by atoms with Crippen LogP contribution in [0.15, 0.2) is 41.1 Å². The van der Waals surface area contributed by atoms with E-state index in [0.29, 0.717) is 17.1 Å². The zero-order chi connectivity index (χ0) is 13.1. The molecule has 0 spiro atoms. The molecule has 5 heteroatoms. The lowest BCUT2D eigenvalue weighted by Gasteiger charge is -2.09. The normalized spacial score (nSPS) is 10.1. The van der Waals surface area contributed by atoms with Crippen LogP contribution in [-0.2, 0) is 0 Å². The molecule has 0 bridgehead atoms. The van der Waals surface area contributed by atoms with E-state index in [1.54, 1.807) is 37.5 Å². The summed E-state index contributed by atoms with van der Waals surface area (Å²) in [6.45, 7) is 1.73. The van der Waals surface area contributed by atoms with E-state index in [1.165, 1.54) is 6.07 Å². The molecular weight excluding hydrogens is 298 g/mol. The summed E-state index contributed by atoms with van der Waals surface area (Å²) in [5.41, 5.74) is 0.932. The fourth-order valence-electron chi connectivity index (χ4n) is 1.51. The number of carboxylic acid groups (broad SMARTS) is 1. The molecule has 0 atom stereocenters. The van der Waals surface area contributed by atoms with E-state index in [-0.39, 0.29) is 5.56 Å². The van der Waals surface area contributed by atoms with Crippen LogP contribution in [-0.4, -0.2) is 16.1 Å². The number of nitrogens with zero attached hydrogens (tertiary/aromatic N) is 1. The van der Waals surface area contributed by atoms with E-state index in [4.69, 9.17) is 9.84 Å². The fraction of sp³-hybridized carbons (Fsp3) is 0.0769. The van der Waals surface area contributed by atoms with Gasteiger partial charge in [0.05, 0.1) is 10.0 Å². The van der Waals surface area contributed by atoms with Gasteiger partial charge in [-0.3, -0.25) is 4.98 Å². The van der Waals surface area contributed by atoms with Crippen LogP contribution >= 0.6 is 15.9 Å². The molecule has 18 heavy (non-hydrogen) atoms. The highest BCUT2D eigenvalue weighted by atomic mass is 79.9. The number of rotatable bonds is 3. The summed E-state index contributed by atoms with van der Waals surface area (Å²) in [7, 11) is 0. The molecule has 0 saturated heterocycles. The molecule has 0 aliphatic rings. The maximum Gasteiger partial charge on any atom is 0.335 e. The predicted octanol–water partition coefficient (Wildman–Crippen LogP) is 3.64. The Kier molecular flexibility index (Phi) is 3.62. The van der Waals surface area contributed by atoms with Crippen molar-refractivity contribution < 1.29 is 14.6 Å². The van der Waals surface area contributed by atoms with Gasteiger partial charge in [0.15, 0.2) is 0 Å². The first-order chi connectivity index (χ1) is 8.58. The number of benzene rings is 1. The summed E-state index contributed by atoms with van der Waals surface area (Å²) in [5, 5.41) is 8.93. The van der Waals surface area contributed by atoms with Crippen LogP contribution in [0.5, 0.6) is 11.5 Å². The summed E-state index contributed by atoms with van der Waals surface area (Å²) < 4.78 is 6.39. The van der Waals surface area contributed by atoms with Crippen LogP contribution in [0.25, 0.3) is 0 Å². The van der Waals surface area contributed by atoms with E-state index in [9.17, 15) is 4.79 Å². The average molecular weight is 308 g/mol. The summed E-state index contributed by atoms with van der Waals surface area (Å²) >= 11 is 3.33. The molecule has 0 amide bonds. The van der Waals surface area contributed by atoms with E-state index in [0.717, 1.165) is 4.47 Å². The van der Waals surface area contributed by atoms with Gasteiger partial charge in [-0.2, -0.15) is 0 Å². The molecule has 1 aromatic heterocycles. The molecule has 0 fully saturated rings. The van der Waals surface area contributed by atoms with Crippen molar-refractivity contribution in [3.05, 3.63) is 52.3 Å². The van der Waals surface area contributed by atoms with Crippen molar-refractivity contribution in [2.24, 2.45) is 0 Å². The summed E-state index contributed by atoms with van der Waals surface area (Å²) in [6, 6.07) is 6.58. The third-order valence-electron chi connectivity index (χ3n) is 2.39. The molecule has 2 aromatic rings. The lowest BCUT2D eigenvalue weighted by atomic mass is 10.1. The highest BCUT2D eigenvalue weighted by Crippen LogP contribution is 2.29. The zero-order valence-corrected chi connectivity index (χ0v) is 11.1. The molecular formula is C13H10BrNO3. The van der Waals surface area contributed by atoms with E-state index < -0.39 is 5.97 Å². The van der Waals surface area contributed by atoms with Gasteiger partial charge < -0.3 is 9.84 Å². The average Bonchev–Trinajstić information content (AvgIpc) is 2.32. The van der Waals surface area contributed by atoms with Gasteiger partial charge in [0.1, 0.15) is 11.5 Å². The highest BCUT2D eigenvalue weighted by Gasteiger charge is 2.09. The Bertz CT molecular complexity index is 599. The number of halogens is 1. The van der Waals surface area contributed by atoms with Gasteiger partial charge in [0.25, 0.3) is 0 Å². The minimum absolute atomic E-state index is 0.274. The summed E-state index contributed by atoms with van der Waals surface area (Å²) in [6.07, 6.45) is 3.26. The van der Waals surface area contributed by atoms with Crippen molar-refractivity contribution >= 4 is 21.9 Å². The van der Waals surface area contributed by atoms with Gasteiger partial charge in [-0.1, -0.05) is 0 Å². The summed E-state index contributed by atoms with van der Waals surface area (Å²) in [4.78, 5) is 14.8. The second-order valence-corrected chi connectivity index (χ2v) is 4.54. The van der Waals surface area contributed by atoms with Crippen molar-refractivity contribution in [3.63, 3.8) is 0 Å². The molecule has 1 aromatic carbocycles. The SMILES string of the molecule is Cc1cc(Oc2ccncc2Br)ccc1C(=O)O. The minimum Gasteiger partial charge on any atom is -0.478 e. The smallest absolute Gasteiger partial charge is 0.335 e. The quantitative estimate of drug-likeness (QED) is 0.940. The van der Waals surface area contributed by atoms with Crippen molar-refractivity contribution in [1.82, 2.24) is 4.98 Å². The lowest BCUT2D eigenvalue weighted by molar-refractivity contribution is 0.0696. The van der Waals surface area contributed by atoms with Crippen LogP contribution in [0, 0.1) is 6.92 Å². The predicted molar refractivity (Wildman–Crippen MR) is 70.1 cm³/mol. The van der Waals surface area contributed by atoms with Crippen LogP contribution < -0.4 is 4.74 Å². The van der Waals surface area contributed by atoms with Crippen LogP contribution in [0.4, 0.5) is 0 Å². The van der Waals surface area contributed by atoms with E-state index in [1.807, 2.05) is 0 Å². The number of hydrogen-bond acceptors (Lipinski definition) is 3. The fourth-order valence-corrected chi connectivity index (χ4v) is 1.84. The van der Waals surface area contributed by atoms with Crippen LogP contribution in [0.2, 0.25) is 0 Å². The number of hydrogen-bond donors (Lipinski definition) is 1. The molecule has 2 rings (SSSR count). The molecule has 1 heterocycles. The number of carbonyl (C=O) groups is 1. The molecule has 92 valence electrons. The van der Waals surface area contributed by atoms with Gasteiger partial charge >= 0.3 is 5.97 Å². The number of carboxylic acids is 1. The van der Waals surface area contributed by atoms with Crippen molar-refractivity contribution in [1.29, 1.82) is 0 Å². The molecule has 0 radical (unpaired) electrons. The van der Waals surface area contributed by atoms with Gasteiger partial charge in [0.2, 0.25) is 0 Å². The monoisotopic (exact) mass is 307 g/mol. The first kappa shape index (κ1) is 12.6. The molecule has 1 N–H and O–H groups in total. The number of aryl methyl sites for hydroxylation is 1. The zero-order valence-electron chi connectivity index (χ0n) is 9.55. The largest absolute Gasteiger partial charge is 0.478 e. The molecule has 0 aliphatic heterocycles. The minimum atomic E-state index is -0.941. The molecule has 0 unspecified atom stereocenters. The van der Waals surface area contributed by atoms with E-state index >= 15 is 0 Å². The number of ether oxygens (including phenoxy) is 1. The lowest BCUT2D eigenvalue weighted by Crippen LogP contribution is -1.99. The topological polar surface area (TPSA) is 59.4 Å². The number of aromatic carboxylic acids is 1. The maximum atomic E-state index is 10.9. The maximum absolute atomic E-state index is 10.9. The van der Waals surface area contributed by atoms with Gasteiger partial charge in [-0.25, -0.2) is 4.79 Å². The Hall–Kier alpha value is -1.88. The van der Waals surface area contributed by atoms with Crippen LogP contribution in [0.1, 0.15) is 15.9 Å². The van der Waals surface area contributed by atoms with Gasteiger partial charge in [-0.05, 0) is 46.6 Å².